The first-order valence-electron chi connectivity index (χ1n) is 9.38. The number of carbonyl (C=O) groups is 1. The summed E-state index contributed by atoms with van der Waals surface area (Å²) in [5.41, 5.74) is 0. The van der Waals surface area contributed by atoms with Gasteiger partial charge in [-0.05, 0) is 45.1 Å². The number of piperidine rings is 1. The van der Waals surface area contributed by atoms with E-state index in [0.717, 1.165) is 32.2 Å². The van der Waals surface area contributed by atoms with E-state index in [1.807, 2.05) is 6.92 Å². The Labute approximate surface area is 140 Å². The van der Waals surface area contributed by atoms with Crippen molar-refractivity contribution >= 4 is 5.91 Å². The van der Waals surface area contributed by atoms with Crippen LogP contribution in [0.4, 0.5) is 0 Å². The lowest BCUT2D eigenvalue weighted by molar-refractivity contribution is -0.124. The number of hydrogen-bond donors (Lipinski definition) is 2. The van der Waals surface area contributed by atoms with Crippen LogP contribution in [-0.4, -0.2) is 60.4 Å². The summed E-state index contributed by atoms with van der Waals surface area (Å²) in [5, 5.41) is 12.8. The van der Waals surface area contributed by atoms with Gasteiger partial charge in [-0.25, -0.2) is 0 Å². The summed E-state index contributed by atoms with van der Waals surface area (Å²) < 4.78 is 5.93. The molecule has 5 heteroatoms. The van der Waals surface area contributed by atoms with E-state index < -0.39 is 0 Å². The van der Waals surface area contributed by atoms with Crippen molar-refractivity contribution in [3.8, 4) is 0 Å². The van der Waals surface area contributed by atoms with Gasteiger partial charge in [-0.1, -0.05) is 26.2 Å². The van der Waals surface area contributed by atoms with Gasteiger partial charge in [0.05, 0.1) is 25.4 Å². The molecule has 0 radical (unpaired) electrons. The summed E-state index contributed by atoms with van der Waals surface area (Å²) in [5.74, 6) is 0.678. The molecule has 1 saturated heterocycles. The number of rotatable bonds is 7. The molecule has 134 valence electrons. The fraction of sp³-hybridized carbons (Fsp3) is 0.944. The zero-order valence-electron chi connectivity index (χ0n) is 14.8. The minimum absolute atomic E-state index is 0.0397. The van der Waals surface area contributed by atoms with E-state index in [1.165, 1.54) is 19.3 Å². The number of amides is 1. The van der Waals surface area contributed by atoms with Crippen LogP contribution >= 0.6 is 0 Å². The third-order valence-electron chi connectivity index (χ3n) is 5.36. The number of nitrogens with zero attached hydrogens (tertiary/aromatic N) is 1. The fourth-order valence-electron chi connectivity index (χ4n) is 3.93. The van der Waals surface area contributed by atoms with Crippen molar-refractivity contribution < 1.29 is 14.6 Å². The van der Waals surface area contributed by atoms with Gasteiger partial charge in [-0.3, -0.25) is 9.69 Å². The fourth-order valence-corrected chi connectivity index (χ4v) is 3.93. The molecular formula is C18H34N2O3. The topological polar surface area (TPSA) is 61.8 Å². The minimum atomic E-state index is -0.376. The number of aliphatic hydroxyl groups is 1. The van der Waals surface area contributed by atoms with E-state index in [2.05, 4.69) is 17.1 Å². The summed E-state index contributed by atoms with van der Waals surface area (Å²) in [6.45, 7) is 6.54. The highest BCUT2D eigenvalue weighted by molar-refractivity contribution is 5.78. The standard InChI is InChI=1S/C18H34N2O3/c1-14-7-3-4-9-17(14)23-12-10-19-18(22)13-20-11-6-5-8-16(20)15(2)21/h14-17,21H,3-13H2,1-2H3,(H,19,22). The number of hydrogen-bond acceptors (Lipinski definition) is 4. The number of likely N-dealkylation sites (tertiary alicyclic amines) is 1. The van der Waals surface area contributed by atoms with Crippen molar-refractivity contribution in [2.45, 2.75) is 77.0 Å². The molecule has 1 aliphatic heterocycles. The summed E-state index contributed by atoms with van der Waals surface area (Å²) in [4.78, 5) is 14.2. The minimum Gasteiger partial charge on any atom is -0.392 e. The van der Waals surface area contributed by atoms with E-state index in [0.29, 0.717) is 31.7 Å². The quantitative estimate of drug-likeness (QED) is 0.702. The molecule has 4 unspecified atom stereocenters. The summed E-state index contributed by atoms with van der Waals surface area (Å²) in [6.07, 6.45) is 8.20. The maximum atomic E-state index is 12.1. The molecule has 2 rings (SSSR count). The maximum Gasteiger partial charge on any atom is 0.234 e. The molecule has 1 amide bonds. The van der Waals surface area contributed by atoms with Gasteiger partial charge in [-0.2, -0.15) is 0 Å². The summed E-state index contributed by atoms with van der Waals surface area (Å²) in [7, 11) is 0. The first-order chi connectivity index (χ1) is 11.1. The number of aliphatic hydroxyl groups excluding tert-OH is 1. The Kier molecular flexibility index (Phi) is 7.80. The van der Waals surface area contributed by atoms with E-state index >= 15 is 0 Å². The van der Waals surface area contributed by atoms with Crippen molar-refractivity contribution in [2.75, 3.05) is 26.2 Å². The maximum absolute atomic E-state index is 12.1. The van der Waals surface area contributed by atoms with Gasteiger partial charge in [0, 0.05) is 12.6 Å². The molecule has 23 heavy (non-hydrogen) atoms. The van der Waals surface area contributed by atoms with Gasteiger partial charge in [0.25, 0.3) is 0 Å². The lowest BCUT2D eigenvalue weighted by Gasteiger charge is -2.36. The van der Waals surface area contributed by atoms with Gasteiger partial charge >= 0.3 is 0 Å². The Balaban J connectivity index is 1.62. The molecule has 0 bridgehead atoms. The second-order valence-corrected chi connectivity index (χ2v) is 7.30. The number of carbonyl (C=O) groups excluding carboxylic acids is 1. The monoisotopic (exact) mass is 326 g/mol. The Morgan fingerprint density at radius 1 is 1.26 bits per heavy atom. The highest BCUT2D eigenvalue weighted by atomic mass is 16.5. The Bertz CT molecular complexity index is 362. The lowest BCUT2D eigenvalue weighted by Crippen LogP contribution is -2.50. The van der Waals surface area contributed by atoms with Crippen LogP contribution in [0, 0.1) is 5.92 Å². The van der Waals surface area contributed by atoms with Crippen LogP contribution in [0.5, 0.6) is 0 Å². The van der Waals surface area contributed by atoms with Crippen molar-refractivity contribution in [1.82, 2.24) is 10.2 Å². The average molecular weight is 326 g/mol. The summed E-state index contributed by atoms with van der Waals surface area (Å²) >= 11 is 0. The van der Waals surface area contributed by atoms with Crippen LogP contribution in [0.15, 0.2) is 0 Å². The first-order valence-corrected chi connectivity index (χ1v) is 9.38. The average Bonchev–Trinajstić information content (AvgIpc) is 2.53. The molecule has 0 aromatic rings. The van der Waals surface area contributed by atoms with E-state index in [-0.39, 0.29) is 18.1 Å². The van der Waals surface area contributed by atoms with Gasteiger partial charge in [0.1, 0.15) is 0 Å². The smallest absolute Gasteiger partial charge is 0.234 e. The normalized spacial score (nSPS) is 30.8. The second-order valence-electron chi connectivity index (χ2n) is 7.30. The highest BCUT2D eigenvalue weighted by Gasteiger charge is 2.27. The van der Waals surface area contributed by atoms with Crippen LogP contribution < -0.4 is 5.32 Å². The Morgan fingerprint density at radius 2 is 2.00 bits per heavy atom. The van der Waals surface area contributed by atoms with Gasteiger partial charge in [-0.15, -0.1) is 0 Å². The number of nitrogens with one attached hydrogen (secondary N) is 1. The Morgan fingerprint density at radius 3 is 2.74 bits per heavy atom. The van der Waals surface area contributed by atoms with Crippen molar-refractivity contribution in [2.24, 2.45) is 5.92 Å². The first kappa shape index (κ1) is 18.7. The highest BCUT2D eigenvalue weighted by Crippen LogP contribution is 2.26. The van der Waals surface area contributed by atoms with Crippen LogP contribution in [0.3, 0.4) is 0 Å². The predicted octanol–water partition coefficient (Wildman–Crippen LogP) is 1.93. The third kappa shape index (κ3) is 6.05. The molecule has 2 aliphatic rings. The second kappa shape index (κ2) is 9.60. The molecule has 2 fully saturated rings. The molecule has 0 spiro atoms. The third-order valence-corrected chi connectivity index (χ3v) is 5.36. The van der Waals surface area contributed by atoms with Crippen molar-refractivity contribution in [1.29, 1.82) is 0 Å². The molecule has 2 N–H and O–H groups in total. The van der Waals surface area contributed by atoms with Crippen molar-refractivity contribution in [3.05, 3.63) is 0 Å². The van der Waals surface area contributed by atoms with E-state index in [4.69, 9.17) is 4.74 Å². The largest absolute Gasteiger partial charge is 0.392 e. The SMILES string of the molecule is CC(O)C1CCCCN1CC(=O)NCCOC1CCCCC1C. The zero-order chi connectivity index (χ0) is 16.7. The molecule has 1 aliphatic carbocycles. The van der Waals surface area contributed by atoms with Crippen LogP contribution in [0.25, 0.3) is 0 Å². The van der Waals surface area contributed by atoms with E-state index in [9.17, 15) is 9.90 Å². The molecule has 5 nitrogen and oxygen atoms in total. The molecule has 0 aromatic carbocycles. The Hall–Kier alpha value is -0.650. The number of ether oxygens (including phenoxy) is 1. The van der Waals surface area contributed by atoms with Crippen molar-refractivity contribution in [3.63, 3.8) is 0 Å². The molecule has 0 aromatic heterocycles. The molecule has 1 saturated carbocycles. The predicted molar refractivity (Wildman–Crippen MR) is 91.3 cm³/mol. The molecular weight excluding hydrogens is 292 g/mol. The van der Waals surface area contributed by atoms with Gasteiger partial charge in [0.15, 0.2) is 0 Å². The zero-order valence-corrected chi connectivity index (χ0v) is 14.8. The van der Waals surface area contributed by atoms with Crippen LogP contribution in [0.1, 0.15) is 58.8 Å². The van der Waals surface area contributed by atoms with Crippen LogP contribution in [-0.2, 0) is 9.53 Å². The van der Waals surface area contributed by atoms with Gasteiger partial charge < -0.3 is 15.2 Å². The molecule has 1 heterocycles. The van der Waals surface area contributed by atoms with Crippen LogP contribution in [0.2, 0.25) is 0 Å². The van der Waals surface area contributed by atoms with E-state index in [1.54, 1.807) is 0 Å². The summed E-state index contributed by atoms with van der Waals surface area (Å²) in [6, 6.07) is 0.119. The lowest BCUT2D eigenvalue weighted by atomic mass is 9.88. The van der Waals surface area contributed by atoms with Gasteiger partial charge in [0.2, 0.25) is 5.91 Å². The molecule has 4 atom stereocenters.